The molecule has 8 nitrogen and oxygen atoms in total. The topological polar surface area (TPSA) is 91.2 Å². The monoisotopic (exact) mass is 349 g/mol. The molecule has 0 spiro atoms. The summed E-state index contributed by atoms with van der Waals surface area (Å²) in [6.45, 7) is 5.92. The number of nitrogens with zero attached hydrogens (tertiary/aromatic N) is 4. The van der Waals surface area contributed by atoms with Gasteiger partial charge in [-0.1, -0.05) is 17.8 Å². The van der Waals surface area contributed by atoms with Gasteiger partial charge in [-0.15, -0.1) is 11.7 Å². The highest BCUT2D eigenvalue weighted by Crippen LogP contribution is 2.30. The average molecular weight is 349 g/mol. The van der Waals surface area contributed by atoms with E-state index in [1.807, 2.05) is 0 Å². The van der Waals surface area contributed by atoms with Gasteiger partial charge in [-0.3, -0.25) is 4.79 Å². The number of amides is 1. The molecule has 0 unspecified atom stereocenters. The fourth-order valence-corrected chi connectivity index (χ4v) is 2.69. The van der Waals surface area contributed by atoms with Crippen molar-refractivity contribution in [2.24, 2.45) is 0 Å². The number of hydrogen-bond acceptors (Lipinski definition) is 7. The maximum atomic E-state index is 12.4. The van der Waals surface area contributed by atoms with Crippen LogP contribution in [-0.2, 0) is 11.3 Å². The van der Waals surface area contributed by atoms with E-state index in [4.69, 9.17) is 9.47 Å². The number of carbonyl (C=O) groups excluding carboxylic acids is 1. The molecule has 1 aromatic heterocycles. The van der Waals surface area contributed by atoms with E-state index in [-0.39, 0.29) is 11.2 Å². The van der Waals surface area contributed by atoms with Crippen LogP contribution in [0.5, 0.6) is 11.5 Å². The number of anilines is 1. The van der Waals surface area contributed by atoms with Gasteiger partial charge in [0.05, 0.1) is 26.0 Å². The van der Waals surface area contributed by atoms with Crippen molar-refractivity contribution in [1.82, 2.24) is 20.2 Å². The van der Waals surface area contributed by atoms with Gasteiger partial charge in [-0.2, -0.15) is 0 Å². The van der Waals surface area contributed by atoms with Crippen LogP contribution in [0.1, 0.15) is 6.92 Å². The number of tetrazole rings is 1. The Bertz CT molecular complexity index is 719. The summed E-state index contributed by atoms with van der Waals surface area (Å²) in [4.78, 5) is 12.4. The van der Waals surface area contributed by atoms with E-state index in [2.05, 4.69) is 27.4 Å². The molecular weight excluding hydrogens is 330 g/mol. The zero-order valence-corrected chi connectivity index (χ0v) is 14.5. The third kappa shape index (κ3) is 4.25. The van der Waals surface area contributed by atoms with Gasteiger partial charge in [0.2, 0.25) is 11.1 Å². The molecule has 128 valence electrons. The SMILES string of the molecule is C=CCn1nnnc1S[C@@H](C)C(=O)Nc1ccc(OC)c(OC)c1. The first kappa shape index (κ1) is 17.8. The van der Waals surface area contributed by atoms with Gasteiger partial charge in [-0.25, -0.2) is 4.68 Å². The lowest BCUT2D eigenvalue weighted by Gasteiger charge is -2.13. The molecule has 0 fully saturated rings. The lowest BCUT2D eigenvalue weighted by molar-refractivity contribution is -0.115. The minimum atomic E-state index is -0.382. The largest absolute Gasteiger partial charge is 0.493 e. The smallest absolute Gasteiger partial charge is 0.237 e. The molecule has 0 aliphatic heterocycles. The number of carbonyl (C=O) groups is 1. The molecule has 1 atom stereocenters. The minimum Gasteiger partial charge on any atom is -0.493 e. The van der Waals surface area contributed by atoms with E-state index in [1.54, 1.807) is 50.1 Å². The highest BCUT2D eigenvalue weighted by atomic mass is 32.2. The maximum absolute atomic E-state index is 12.4. The number of ether oxygens (including phenoxy) is 2. The molecule has 24 heavy (non-hydrogen) atoms. The lowest BCUT2D eigenvalue weighted by atomic mass is 10.2. The predicted octanol–water partition coefficient (Wildman–Crippen LogP) is 2.00. The number of nitrogens with one attached hydrogen (secondary N) is 1. The predicted molar refractivity (Wildman–Crippen MR) is 91.5 cm³/mol. The average Bonchev–Trinajstić information content (AvgIpc) is 3.02. The molecule has 1 heterocycles. The van der Waals surface area contributed by atoms with Crippen molar-refractivity contribution in [3.63, 3.8) is 0 Å². The molecule has 0 aliphatic rings. The molecular formula is C15H19N5O3S. The summed E-state index contributed by atoms with van der Waals surface area (Å²) in [5.41, 5.74) is 0.621. The van der Waals surface area contributed by atoms with Crippen LogP contribution in [0.4, 0.5) is 5.69 Å². The quantitative estimate of drug-likeness (QED) is 0.575. The normalized spacial score (nSPS) is 11.6. The first-order valence-electron chi connectivity index (χ1n) is 7.15. The van der Waals surface area contributed by atoms with Gasteiger partial charge in [0.25, 0.3) is 0 Å². The van der Waals surface area contributed by atoms with Crippen molar-refractivity contribution in [2.45, 2.75) is 23.9 Å². The Hall–Kier alpha value is -2.55. The molecule has 0 saturated carbocycles. The zero-order valence-electron chi connectivity index (χ0n) is 13.7. The molecule has 2 aromatic rings. The Morgan fingerprint density at radius 2 is 2.17 bits per heavy atom. The number of methoxy groups -OCH3 is 2. The van der Waals surface area contributed by atoms with Crippen LogP contribution in [0, 0.1) is 0 Å². The molecule has 0 bridgehead atoms. The van der Waals surface area contributed by atoms with E-state index >= 15 is 0 Å². The maximum Gasteiger partial charge on any atom is 0.237 e. The number of benzene rings is 1. The Kier molecular flexibility index (Phi) is 6.19. The van der Waals surface area contributed by atoms with Crippen molar-refractivity contribution in [3.05, 3.63) is 30.9 Å². The number of allylic oxidation sites excluding steroid dienone is 1. The van der Waals surface area contributed by atoms with E-state index in [1.165, 1.54) is 11.8 Å². The van der Waals surface area contributed by atoms with Crippen LogP contribution in [0.25, 0.3) is 0 Å². The van der Waals surface area contributed by atoms with Crippen LogP contribution in [0.3, 0.4) is 0 Å². The first-order chi connectivity index (χ1) is 11.6. The minimum absolute atomic E-state index is 0.166. The number of rotatable bonds is 8. The molecule has 9 heteroatoms. The highest BCUT2D eigenvalue weighted by Gasteiger charge is 2.19. The van der Waals surface area contributed by atoms with E-state index in [0.29, 0.717) is 28.9 Å². The summed E-state index contributed by atoms with van der Waals surface area (Å²) < 4.78 is 12.0. The Morgan fingerprint density at radius 1 is 1.42 bits per heavy atom. The van der Waals surface area contributed by atoms with Crippen molar-refractivity contribution in [3.8, 4) is 11.5 Å². The standard InChI is InChI=1S/C15H19N5O3S/c1-5-8-20-15(17-18-19-20)24-10(2)14(21)16-11-6-7-12(22-3)13(9-11)23-4/h5-7,9-10H,1,8H2,2-4H3,(H,16,21)/t10-/m0/s1. The molecule has 1 N–H and O–H groups in total. The highest BCUT2D eigenvalue weighted by molar-refractivity contribution is 8.00. The molecule has 0 aliphatic carbocycles. The fourth-order valence-electron chi connectivity index (χ4n) is 1.89. The number of aromatic nitrogens is 4. The number of thioether (sulfide) groups is 1. The second kappa shape index (κ2) is 8.34. The summed E-state index contributed by atoms with van der Waals surface area (Å²) in [7, 11) is 3.10. The summed E-state index contributed by atoms with van der Waals surface area (Å²) in [5, 5.41) is 14.4. The summed E-state index contributed by atoms with van der Waals surface area (Å²) in [6.07, 6.45) is 1.69. The molecule has 1 amide bonds. The van der Waals surface area contributed by atoms with Crippen molar-refractivity contribution >= 4 is 23.4 Å². The molecule has 1 aromatic carbocycles. The van der Waals surface area contributed by atoms with Crippen molar-refractivity contribution in [1.29, 1.82) is 0 Å². The van der Waals surface area contributed by atoms with Crippen LogP contribution in [0.15, 0.2) is 36.0 Å². The number of hydrogen-bond donors (Lipinski definition) is 1. The molecule has 2 rings (SSSR count). The Labute approximate surface area is 144 Å². The van der Waals surface area contributed by atoms with E-state index in [9.17, 15) is 4.79 Å². The van der Waals surface area contributed by atoms with E-state index in [0.717, 1.165) is 0 Å². The Morgan fingerprint density at radius 3 is 2.83 bits per heavy atom. The molecule has 0 radical (unpaired) electrons. The fraction of sp³-hybridized carbons (Fsp3) is 0.333. The lowest BCUT2D eigenvalue weighted by Crippen LogP contribution is -2.23. The third-order valence-corrected chi connectivity index (χ3v) is 4.17. The zero-order chi connectivity index (χ0) is 17.5. The van der Waals surface area contributed by atoms with Gasteiger partial charge >= 0.3 is 0 Å². The van der Waals surface area contributed by atoms with Gasteiger partial charge in [0.1, 0.15) is 0 Å². The van der Waals surface area contributed by atoms with Gasteiger partial charge in [-0.05, 0) is 29.5 Å². The second-order valence-electron chi connectivity index (χ2n) is 4.75. The summed E-state index contributed by atoms with van der Waals surface area (Å²) >= 11 is 1.27. The van der Waals surface area contributed by atoms with Crippen molar-refractivity contribution in [2.75, 3.05) is 19.5 Å². The van der Waals surface area contributed by atoms with Crippen molar-refractivity contribution < 1.29 is 14.3 Å². The first-order valence-corrected chi connectivity index (χ1v) is 8.03. The third-order valence-electron chi connectivity index (χ3n) is 3.10. The molecule has 0 saturated heterocycles. The second-order valence-corrected chi connectivity index (χ2v) is 6.06. The van der Waals surface area contributed by atoms with Crippen LogP contribution < -0.4 is 14.8 Å². The summed E-state index contributed by atoms with van der Waals surface area (Å²) in [6, 6.07) is 5.19. The Balaban J connectivity index is 2.03. The summed E-state index contributed by atoms with van der Waals surface area (Å²) in [5.74, 6) is 0.979. The van der Waals surface area contributed by atoms with Crippen LogP contribution in [0.2, 0.25) is 0 Å². The van der Waals surface area contributed by atoms with Gasteiger partial charge in [0.15, 0.2) is 11.5 Å². The van der Waals surface area contributed by atoms with Crippen LogP contribution in [-0.4, -0.2) is 45.6 Å². The van der Waals surface area contributed by atoms with E-state index < -0.39 is 0 Å². The van der Waals surface area contributed by atoms with Crippen LogP contribution >= 0.6 is 11.8 Å². The van der Waals surface area contributed by atoms with Gasteiger partial charge in [0, 0.05) is 11.8 Å². The van der Waals surface area contributed by atoms with Gasteiger partial charge < -0.3 is 14.8 Å².